The Kier molecular flexibility index (Phi) is 5.28. The smallest absolute Gasteiger partial charge is 0.287 e. The maximum Gasteiger partial charge on any atom is 0.287 e. The van der Waals surface area contributed by atoms with Crippen molar-refractivity contribution in [3.8, 4) is 5.75 Å². The quantitative estimate of drug-likeness (QED) is 0.907. The molecule has 25 heavy (non-hydrogen) atoms. The lowest BCUT2D eigenvalue weighted by Gasteiger charge is -2.32. The summed E-state index contributed by atoms with van der Waals surface area (Å²) < 4.78 is 10.3. The van der Waals surface area contributed by atoms with Gasteiger partial charge in [0.15, 0.2) is 5.76 Å². The Labute approximate surface area is 150 Å². The van der Waals surface area contributed by atoms with Crippen LogP contribution in [0.25, 0.3) is 0 Å². The van der Waals surface area contributed by atoms with E-state index in [1.54, 1.807) is 35.2 Å². The van der Waals surface area contributed by atoms with E-state index >= 15 is 0 Å². The van der Waals surface area contributed by atoms with Crippen molar-refractivity contribution in [1.82, 2.24) is 10.2 Å². The highest BCUT2D eigenvalue weighted by atomic mass is 35.5. The number of rotatable bonds is 4. The zero-order valence-electron chi connectivity index (χ0n) is 13.8. The summed E-state index contributed by atoms with van der Waals surface area (Å²) in [6.45, 7) is 1.11. The normalized spacial score (nSPS) is 15.0. The van der Waals surface area contributed by atoms with E-state index in [1.807, 2.05) is 0 Å². The van der Waals surface area contributed by atoms with Crippen LogP contribution in [0.4, 0.5) is 0 Å². The van der Waals surface area contributed by atoms with E-state index in [4.69, 9.17) is 20.8 Å². The van der Waals surface area contributed by atoms with Crippen LogP contribution in [-0.4, -0.2) is 43.0 Å². The number of hydrogen-bond donors (Lipinski definition) is 1. The fourth-order valence-electron chi connectivity index (χ4n) is 2.91. The zero-order valence-corrected chi connectivity index (χ0v) is 14.6. The number of amides is 2. The number of piperidine rings is 1. The van der Waals surface area contributed by atoms with Gasteiger partial charge < -0.3 is 19.4 Å². The largest absolute Gasteiger partial charge is 0.496 e. The summed E-state index contributed by atoms with van der Waals surface area (Å²) in [7, 11) is 1.52. The van der Waals surface area contributed by atoms with Gasteiger partial charge in [-0.15, -0.1) is 0 Å². The van der Waals surface area contributed by atoms with Gasteiger partial charge in [-0.3, -0.25) is 9.59 Å². The molecule has 0 unspecified atom stereocenters. The molecule has 2 amide bonds. The summed E-state index contributed by atoms with van der Waals surface area (Å²) in [6, 6.07) is 8.31. The van der Waals surface area contributed by atoms with Gasteiger partial charge in [0.05, 0.1) is 18.9 Å². The van der Waals surface area contributed by atoms with E-state index in [0.29, 0.717) is 48.0 Å². The highest BCUT2D eigenvalue weighted by Gasteiger charge is 2.27. The summed E-state index contributed by atoms with van der Waals surface area (Å²) in [5, 5.41) is 3.43. The van der Waals surface area contributed by atoms with Crippen molar-refractivity contribution in [2.75, 3.05) is 20.2 Å². The SMILES string of the molecule is COc1ccc(Cl)cc1C(=O)N1CCC(NC(=O)c2ccco2)CC1. The van der Waals surface area contributed by atoms with E-state index < -0.39 is 0 Å². The molecule has 6 nitrogen and oxygen atoms in total. The van der Waals surface area contributed by atoms with Crippen LogP contribution in [0.2, 0.25) is 5.02 Å². The molecule has 1 aliphatic rings. The van der Waals surface area contributed by atoms with Gasteiger partial charge in [-0.05, 0) is 43.2 Å². The maximum atomic E-state index is 12.7. The standard InChI is InChI=1S/C18H19ClN2O4/c1-24-15-5-4-12(19)11-14(15)18(23)21-8-6-13(7-9-21)20-17(22)16-3-2-10-25-16/h2-5,10-11,13H,6-9H2,1H3,(H,20,22). The van der Waals surface area contributed by atoms with Crippen molar-refractivity contribution >= 4 is 23.4 Å². The van der Waals surface area contributed by atoms with Crippen molar-refractivity contribution in [3.63, 3.8) is 0 Å². The van der Waals surface area contributed by atoms with Gasteiger partial charge in [0.2, 0.25) is 0 Å². The average molecular weight is 363 g/mol. The molecule has 1 aromatic carbocycles. The zero-order chi connectivity index (χ0) is 17.8. The molecule has 0 aliphatic carbocycles. The first-order chi connectivity index (χ1) is 12.1. The first-order valence-corrected chi connectivity index (χ1v) is 8.43. The monoisotopic (exact) mass is 362 g/mol. The van der Waals surface area contributed by atoms with E-state index in [-0.39, 0.29) is 17.9 Å². The van der Waals surface area contributed by atoms with Gasteiger partial charge in [-0.25, -0.2) is 0 Å². The summed E-state index contributed by atoms with van der Waals surface area (Å²) in [5.41, 5.74) is 0.452. The van der Waals surface area contributed by atoms with Crippen LogP contribution in [0, 0.1) is 0 Å². The van der Waals surface area contributed by atoms with Gasteiger partial charge in [-0.2, -0.15) is 0 Å². The Morgan fingerprint density at radius 3 is 2.68 bits per heavy atom. The van der Waals surface area contributed by atoms with Crippen LogP contribution in [0.1, 0.15) is 33.8 Å². The molecule has 132 valence electrons. The molecule has 0 spiro atoms. The molecule has 0 bridgehead atoms. The Morgan fingerprint density at radius 1 is 1.28 bits per heavy atom. The van der Waals surface area contributed by atoms with Crippen LogP contribution in [-0.2, 0) is 0 Å². The number of likely N-dealkylation sites (tertiary alicyclic amines) is 1. The molecule has 0 radical (unpaired) electrons. The highest BCUT2D eigenvalue weighted by Crippen LogP contribution is 2.25. The lowest BCUT2D eigenvalue weighted by molar-refractivity contribution is 0.0692. The first kappa shape index (κ1) is 17.4. The predicted octanol–water partition coefficient (Wildman–Crippen LogP) is 2.98. The molecular weight excluding hydrogens is 344 g/mol. The Morgan fingerprint density at radius 2 is 2.04 bits per heavy atom. The fourth-order valence-corrected chi connectivity index (χ4v) is 3.08. The topological polar surface area (TPSA) is 71.8 Å². The number of methoxy groups -OCH3 is 1. The molecule has 2 heterocycles. The third-order valence-electron chi connectivity index (χ3n) is 4.25. The maximum absolute atomic E-state index is 12.7. The molecular formula is C18H19ClN2O4. The molecule has 0 atom stereocenters. The minimum Gasteiger partial charge on any atom is -0.496 e. The molecule has 7 heteroatoms. The number of halogens is 1. The molecule has 1 fully saturated rings. The molecule has 2 aromatic rings. The van der Waals surface area contributed by atoms with E-state index in [9.17, 15) is 9.59 Å². The van der Waals surface area contributed by atoms with Gasteiger partial charge in [0.1, 0.15) is 5.75 Å². The van der Waals surface area contributed by atoms with Crippen molar-refractivity contribution in [1.29, 1.82) is 0 Å². The third-order valence-corrected chi connectivity index (χ3v) is 4.49. The van der Waals surface area contributed by atoms with Crippen LogP contribution in [0.15, 0.2) is 41.0 Å². The number of benzene rings is 1. The number of carbonyl (C=O) groups is 2. The lowest BCUT2D eigenvalue weighted by atomic mass is 10.0. The van der Waals surface area contributed by atoms with E-state index in [1.165, 1.54) is 13.4 Å². The summed E-state index contributed by atoms with van der Waals surface area (Å²) in [4.78, 5) is 26.5. The minimum atomic E-state index is -0.230. The summed E-state index contributed by atoms with van der Waals surface area (Å²) in [5.74, 6) is 0.450. The van der Waals surface area contributed by atoms with Crippen LogP contribution < -0.4 is 10.1 Å². The van der Waals surface area contributed by atoms with Crippen molar-refractivity contribution in [2.24, 2.45) is 0 Å². The number of hydrogen-bond acceptors (Lipinski definition) is 4. The number of nitrogens with one attached hydrogen (secondary N) is 1. The minimum absolute atomic E-state index is 0.0166. The van der Waals surface area contributed by atoms with Crippen molar-refractivity contribution in [3.05, 3.63) is 52.9 Å². The van der Waals surface area contributed by atoms with Crippen LogP contribution in [0.5, 0.6) is 5.75 Å². The third kappa shape index (κ3) is 3.96. The average Bonchev–Trinajstić information content (AvgIpc) is 3.16. The Hall–Kier alpha value is -2.47. The molecule has 0 saturated carbocycles. The van der Waals surface area contributed by atoms with Crippen molar-refractivity contribution < 1.29 is 18.7 Å². The molecule has 1 aromatic heterocycles. The van der Waals surface area contributed by atoms with Gasteiger partial charge in [-0.1, -0.05) is 11.6 Å². The van der Waals surface area contributed by atoms with Gasteiger partial charge in [0.25, 0.3) is 11.8 Å². The van der Waals surface area contributed by atoms with Crippen molar-refractivity contribution in [2.45, 2.75) is 18.9 Å². The second-order valence-corrected chi connectivity index (χ2v) is 6.30. The lowest BCUT2D eigenvalue weighted by Crippen LogP contribution is -2.46. The number of carbonyl (C=O) groups excluding carboxylic acids is 2. The Balaban J connectivity index is 1.59. The highest BCUT2D eigenvalue weighted by molar-refractivity contribution is 6.31. The van der Waals surface area contributed by atoms with Gasteiger partial charge >= 0.3 is 0 Å². The Bertz CT molecular complexity index is 752. The van der Waals surface area contributed by atoms with E-state index in [0.717, 1.165) is 0 Å². The summed E-state index contributed by atoms with van der Waals surface area (Å²) >= 11 is 6.00. The molecule has 1 aliphatic heterocycles. The first-order valence-electron chi connectivity index (χ1n) is 8.05. The number of nitrogens with zero attached hydrogens (tertiary/aromatic N) is 1. The van der Waals surface area contributed by atoms with Crippen LogP contribution in [0.3, 0.4) is 0 Å². The number of furan rings is 1. The summed E-state index contributed by atoms with van der Waals surface area (Å²) in [6.07, 6.45) is 2.83. The van der Waals surface area contributed by atoms with E-state index in [2.05, 4.69) is 5.32 Å². The molecule has 1 N–H and O–H groups in total. The fraction of sp³-hybridized carbons (Fsp3) is 0.333. The molecule has 1 saturated heterocycles. The number of ether oxygens (including phenoxy) is 1. The predicted molar refractivity (Wildman–Crippen MR) is 93.1 cm³/mol. The van der Waals surface area contributed by atoms with Crippen LogP contribution >= 0.6 is 11.6 Å². The molecule has 3 rings (SSSR count). The van der Waals surface area contributed by atoms with Gasteiger partial charge in [0, 0.05) is 24.2 Å². The second kappa shape index (κ2) is 7.61. The second-order valence-electron chi connectivity index (χ2n) is 5.86.